The molecule has 1 aromatic heterocycles. The Labute approximate surface area is 101 Å². The molecule has 0 radical (unpaired) electrons. The molecule has 0 unspecified atom stereocenters. The quantitative estimate of drug-likeness (QED) is 0.893. The van der Waals surface area contributed by atoms with Gasteiger partial charge in [0.15, 0.2) is 11.0 Å². The van der Waals surface area contributed by atoms with E-state index in [9.17, 15) is 4.39 Å². The number of hydrogen-bond acceptors (Lipinski definition) is 3. The lowest BCUT2D eigenvalue weighted by Crippen LogP contribution is -1.95. The number of aromatic nitrogens is 2. The van der Waals surface area contributed by atoms with Crippen LogP contribution in [0, 0.1) is 5.82 Å². The third kappa shape index (κ3) is 2.59. The lowest BCUT2D eigenvalue weighted by Gasteiger charge is -2.05. The van der Waals surface area contributed by atoms with Crippen molar-refractivity contribution < 1.29 is 4.39 Å². The highest BCUT2D eigenvalue weighted by Crippen LogP contribution is 2.21. The highest BCUT2D eigenvalue weighted by molar-refractivity contribution is 6.31. The first kappa shape index (κ1) is 11.1. The molecule has 6 heteroatoms. The summed E-state index contributed by atoms with van der Waals surface area (Å²) in [6.45, 7) is 0. The van der Waals surface area contributed by atoms with Crippen molar-refractivity contribution in [1.29, 1.82) is 0 Å². The minimum absolute atomic E-state index is 0.0481. The third-order valence-electron chi connectivity index (χ3n) is 1.82. The van der Waals surface area contributed by atoms with Crippen LogP contribution in [-0.2, 0) is 0 Å². The molecule has 0 saturated carbocycles. The number of benzene rings is 1. The number of nitrogens with zero attached hydrogens (tertiary/aromatic N) is 2. The van der Waals surface area contributed by atoms with E-state index in [1.807, 2.05) is 0 Å². The molecule has 3 nitrogen and oxygen atoms in total. The summed E-state index contributed by atoms with van der Waals surface area (Å²) in [6.07, 6.45) is 0. The second-order valence-electron chi connectivity index (χ2n) is 3.00. The van der Waals surface area contributed by atoms with Crippen LogP contribution in [0.3, 0.4) is 0 Å². The van der Waals surface area contributed by atoms with Gasteiger partial charge in [0.25, 0.3) is 0 Å². The zero-order chi connectivity index (χ0) is 11.5. The molecule has 2 aromatic rings. The van der Waals surface area contributed by atoms with Gasteiger partial charge in [0.1, 0.15) is 5.82 Å². The number of halogens is 3. The summed E-state index contributed by atoms with van der Waals surface area (Å²) in [5, 5.41) is 10.7. The summed E-state index contributed by atoms with van der Waals surface area (Å²) in [4.78, 5) is 0. The van der Waals surface area contributed by atoms with Crippen LogP contribution in [0.15, 0.2) is 30.3 Å². The van der Waals surface area contributed by atoms with Crippen molar-refractivity contribution in [3.05, 3.63) is 46.3 Å². The van der Waals surface area contributed by atoms with E-state index in [0.29, 0.717) is 16.7 Å². The van der Waals surface area contributed by atoms with Gasteiger partial charge in [-0.25, -0.2) is 4.39 Å². The van der Waals surface area contributed by atoms with Crippen LogP contribution in [-0.4, -0.2) is 10.2 Å². The first-order valence-corrected chi connectivity index (χ1v) is 5.12. The minimum Gasteiger partial charge on any atom is -0.339 e. The van der Waals surface area contributed by atoms with Crippen molar-refractivity contribution in [2.45, 2.75) is 0 Å². The van der Waals surface area contributed by atoms with E-state index in [1.54, 1.807) is 18.2 Å². The average Bonchev–Trinajstić information content (AvgIpc) is 2.27. The summed E-state index contributed by atoms with van der Waals surface area (Å²) in [7, 11) is 0. The zero-order valence-electron chi connectivity index (χ0n) is 7.92. The number of nitrogens with one attached hydrogen (secondary N) is 1. The zero-order valence-corrected chi connectivity index (χ0v) is 9.43. The molecule has 0 fully saturated rings. The van der Waals surface area contributed by atoms with E-state index in [4.69, 9.17) is 23.2 Å². The van der Waals surface area contributed by atoms with Crippen LogP contribution in [0.5, 0.6) is 0 Å². The largest absolute Gasteiger partial charge is 0.339 e. The fourth-order valence-corrected chi connectivity index (χ4v) is 1.39. The normalized spacial score (nSPS) is 10.2. The molecule has 0 bridgehead atoms. The molecule has 0 spiro atoms. The Morgan fingerprint density at radius 1 is 1.06 bits per heavy atom. The second-order valence-corrected chi connectivity index (χ2v) is 3.79. The van der Waals surface area contributed by atoms with Gasteiger partial charge in [-0.2, -0.15) is 0 Å². The molecule has 0 aliphatic carbocycles. The maximum absolute atomic E-state index is 12.9. The number of hydrogen-bond donors (Lipinski definition) is 1. The predicted octanol–water partition coefficient (Wildman–Crippen LogP) is 3.67. The Kier molecular flexibility index (Phi) is 3.22. The van der Waals surface area contributed by atoms with Crippen LogP contribution >= 0.6 is 23.2 Å². The molecule has 0 saturated heterocycles. The second kappa shape index (κ2) is 4.63. The van der Waals surface area contributed by atoms with Gasteiger partial charge in [0, 0.05) is 5.69 Å². The summed E-state index contributed by atoms with van der Waals surface area (Å²) >= 11 is 11.2. The smallest absolute Gasteiger partial charge is 0.153 e. The molecule has 2 rings (SSSR count). The van der Waals surface area contributed by atoms with E-state index < -0.39 is 5.82 Å². The fraction of sp³-hybridized carbons (Fsp3) is 0. The van der Waals surface area contributed by atoms with Gasteiger partial charge in [-0.1, -0.05) is 23.2 Å². The molecule has 16 heavy (non-hydrogen) atoms. The molecule has 82 valence electrons. The Morgan fingerprint density at radius 3 is 2.50 bits per heavy atom. The van der Waals surface area contributed by atoms with E-state index in [2.05, 4.69) is 15.5 Å². The van der Waals surface area contributed by atoms with E-state index in [0.717, 1.165) is 0 Å². The number of anilines is 2. The molecule has 1 N–H and O–H groups in total. The van der Waals surface area contributed by atoms with E-state index in [1.165, 1.54) is 12.1 Å². The Bertz CT molecular complexity index is 502. The van der Waals surface area contributed by atoms with Crippen molar-refractivity contribution >= 4 is 34.7 Å². The van der Waals surface area contributed by atoms with Crippen LogP contribution in [0.4, 0.5) is 15.9 Å². The summed E-state index contributed by atoms with van der Waals surface area (Å²) in [6, 6.07) is 7.55. The van der Waals surface area contributed by atoms with Crippen molar-refractivity contribution in [1.82, 2.24) is 10.2 Å². The monoisotopic (exact) mass is 257 g/mol. The van der Waals surface area contributed by atoms with E-state index >= 15 is 0 Å². The van der Waals surface area contributed by atoms with Crippen LogP contribution in [0.1, 0.15) is 0 Å². The van der Waals surface area contributed by atoms with Crippen LogP contribution in [0.25, 0.3) is 0 Å². The topological polar surface area (TPSA) is 37.8 Å². The molecule has 0 aliphatic heterocycles. The number of rotatable bonds is 2. The molecule has 1 aromatic carbocycles. The maximum Gasteiger partial charge on any atom is 0.153 e. The van der Waals surface area contributed by atoms with Gasteiger partial charge < -0.3 is 5.32 Å². The van der Waals surface area contributed by atoms with Gasteiger partial charge in [0.2, 0.25) is 0 Å². The van der Waals surface area contributed by atoms with Gasteiger partial charge in [-0.3, -0.25) is 0 Å². The summed E-state index contributed by atoms with van der Waals surface area (Å²) in [5.41, 5.74) is 0.628. The maximum atomic E-state index is 12.9. The molecule has 1 heterocycles. The van der Waals surface area contributed by atoms with Crippen molar-refractivity contribution in [2.75, 3.05) is 5.32 Å². The Balaban J connectivity index is 2.20. The third-order valence-corrected chi connectivity index (χ3v) is 2.32. The molecule has 0 amide bonds. The van der Waals surface area contributed by atoms with Gasteiger partial charge in [0.05, 0.1) is 5.02 Å². The molecule has 0 aliphatic rings. The summed E-state index contributed by atoms with van der Waals surface area (Å²) in [5.74, 6) is 0.0430. The minimum atomic E-state index is -0.464. The highest BCUT2D eigenvalue weighted by atomic mass is 35.5. The molecular formula is C10H6Cl2FN3. The Morgan fingerprint density at radius 2 is 1.88 bits per heavy atom. The highest BCUT2D eigenvalue weighted by Gasteiger charge is 2.02. The first-order chi connectivity index (χ1) is 7.65. The first-order valence-electron chi connectivity index (χ1n) is 4.36. The van der Waals surface area contributed by atoms with Crippen molar-refractivity contribution in [3.8, 4) is 0 Å². The van der Waals surface area contributed by atoms with Crippen LogP contribution in [0.2, 0.25) is 10.2 Å². The average molecular weight is 258 g/mol. The lowest BCUT2D eigenvalue weighted by atomic mass is 10.3. The van der Waals surface area contributed by atoms with Crippen LogP contribution < -0.4 is 5.32 Å². The molecule has 0 atom stereocenters. The lowest BCUT2D eigenvalue weighted by molar-refractivity contribution is 0.628. The van der Waals surface area contributed by atoms with Gasteiger partial charge >= 0.3 is 0 Å². The SMILES string of the molecule is Fc1ccc(Nc2ccc(Cl)nn2)cc1Cl. The standard InChI is InChI=1S/C10H6Cl2FN3/c11-7-5-6(1-2-8(7)13)14-10-4-3-9(12)15-16-10/h1-5H,(H,14,16). The van der Waals surface area contributed by atoms with Gasteiger partial charge in [-0.05, 0) is 30.3 Å². The van der Waals surface area contributed by atoms with Crippen molar-refractivity contribution in [2.24, 2.45) is 0 Å². The Hall–Kier alpha value is -1.39. The fourth-order valence-electron chi connectivity index (χ4n) is 1.10. The predicted molar refractivity (Wildman–Crippen MR) is 61.7 cm³/mol. The summed E-state index contributed by atoms with van der Waals surface area (Å²) < 4.78 is 12.9. The van der Waals surface area contributed by atoms with Crippen molar-refractivity contribution in [3.63, 3.8) is 0 Å². The van der Waals surface area contributed by atoms with Gasteiger partial charge in [-0.15, -0.1) is 10.2 Å². The van der Waals surface area contributed by atoms with E-state index in [-0.39, 0.29) is 5.02 Å². The molecular weight excluding hydrogens is 252 g/mol.